The van der Waals surface area contributed by atoms with Gasteiger partial charge in [0.25, 0.3) is 0 Å². The molecule has 1 amide bonds. The Kier molecular flexibility index (Phi) is 4.78. The molecule has 0 saturated carbocycles. The molecule has 1 aromatic carbocycles. The molecule has 0 aliphatic rings. The van der Waals surface area contributed by atoms with E-state index < -0.39 is 0 Å². The highest BCUT2D eigenvalue weighted by Crippen LogP contribution is 2.24. The van der Waals surface area contributed by atoms with Crippen LogP contribution in [0.5, 0.6) is 5.75 Å². The van der Waals surface area contributed by atoms with E-state index in [1.807, 2.05) is 18.0 Å². The quantitative estimate of drug-likeness (QED) is 0.872. The van der Waals surface area contributed by atoms with Crippen LogP contribution in [0, 0.1) is 0 Å². The number of likely N-dealkylation sites (N-methyl/N-ethyl adjacent to an activating group) is 1. The van der Waals surface area contributed by atoms with Crippen LogP contribution < -0.4 is 10.5 Å². The molecule has 5 heteroatoms. The SMILES string of the molecule is COc1ccc(Cl)cc1CN(C)[C@H](C)C(N)=O. The van der Waals surface area contributed by atoms with Crippen molar-refractivity contribution >= 4 is 17.5 Å². The molecule has 0 aliphatic heterocycles. The Balaban J connectivity index is 2.86. The number of primary amides is 1. The molecule has 0 aliphatic carbocycles. The lowest BCUT2D eigenvalue weighted by molar-refractivity contribution is -0.122. The summed E-state index contributed by atoms with van der Waals surface area (Å²) in [7, 11) is 3.43. The number of rotatable bonds is 5. The molecule has 2 N–H and O–H groups in total. The van der Waals surface area contributed by atoms with E-state index in [0.717, 1.165) is 11.3 Å². The van der Waals surface area contributed by atoms with Gasteiger partial charge in [0.15, 0.2) is 0 Å². The van der Waals surface area contributed by atoms with Crippen LogP contribution in [0.1, 0.15) is 12.5 Å². The number of amides is 1. The lowest BCUT2D eigenvalue weighted by atomic mass is 10.1. The molecule has 0 fully saturated rings. The van der Waals surface area contributed by atoms with E-state index in [4.69, 9.17) is 22.1 Å². The first-order valence-electron chi connectivity index (χ1n) is 5.27. The fraction of sp³-hybridized carbons (Fsp3) is 0.417. The highest BCUT2D eigenvalue weighted by molar-refractivity contribution is 6.30. The third kappa shape index (κ3) is 3.61. The van der Waals surface area contributed by atoms with Crippen molar-refractivity contribution in [3.05, 3.63) is 28.8 Å². The predicted molar refractivity (Wildman–Crippen MR) is 68.1 cm³/mol. The van der Waals surface area contributed by atoms with Gasteiger partial charge < -0.3 is 10.5 Å². The van der Waals surface area contributed by atoms with Crippen molar-refractivity contribution in [1.82, 2.24) is 4.90 Å². The molecule has 0 bridgehead atoms. The highest BCUT2D eigenvalue weighted by Gasteiger charge is 2.16. The van der Waals surface area contributed by atoms with Gasteiger partial charge >= 0.3 is 0 Å². The zero-order chi connectivity index (χ0) is 13.0. The van der Waals surface area contributed by atoms with Gasteiger partial charge in [-0.15, -0.1) is 0 Å². The van der Waals surface area contributed by atoms with Crippen molar-refractivity contribution in [2.24, 2.45) is 5.73 Å². The third-order valence-corrected chi connectivity index (χ3v) is 2.97. The van der Waals surface area contributed by atoms with Crippen LogP contribution >= 0.6 is 11.6 Å². The first kappa shape index (κ1) is 13.8. The number of carbonyl (C=O) groups excluding carboxylic acids is 1. The van der Waals surface area contributed by atoms with Crippen molar-refractivity contribution in [1.29, 1.82) is 0 Å². The minimum Gasteiger partial charge on any atom is -0.496 e. The van der Waals surface area contributed by atoms with Crippen LogP contribution in [0.15, 0.2) is 18.2 Å². The normalized spacial score (nSPS) is 12.5. The number of ether oxygens (including phenoxy) is 1. The lowest BCUT2D eigenvalue weighted by Gasteiger charge is -2.23. The molecular weight excluding hydrogens is 240 g/mol. The van der Waals surface area contributed by atoms with Crippen LogP contribution in [0.4, 0.5) is 0 Å². The number of carbonyl (C=O) groups is 1. The Hall–Kier alpha value is -1.26. The number of methoxy groups -OCH3 is 1. The molecule has 1 rings (SSSR count). The van der Waals surface area contributed by atoms with Gasteiger partial charge in [-0.25, -0.2) is 0 Å². The fourth-order valence-electron chi connectivity index (χ4n) is 1.49. The predicted octanol–water partition coefficient (Wildman–Crippen LogP) is 1.65. The summed E-state index contributed by atoms with van der Waals surface area (Å²) >= 11 is 5.93. The van der Waals surface area contributed by atoms with E-state index in [2.05, 4.69) is 0 Å². The van der Waals surface area contributed by atoms with E-state index in [0.29, 0.717) is 11.6 Å². The van der Waals surface area contributed by atoms with Crippen LogP contribution in [0.25, 0.3) is 0 Å². The summed E-state index contributed by atoms with van der Waals surface area (Å²) in [5.74, 6) is 0.395. The summed E-state index contributed by atoms with van der Waals surface area (Å²) in [6.07, 6.45) is 0. The molecule has 0 unspecified atom stereocenters. The van der Waals surface area contributed by atoms with E-state index in [1.165, 1.54) is 0 Å². The summed E-state index contributed by atoms with van der Waals surface area (Å²) in [5, 5.41) is 0.640. The van der Waals surface area contributed by atoms with Crippen LogP contribution in [0.3, 0.4) is 0 Å². The average molecular weight is 257 g/mol. The number of hydrogen-bond donors (Lipinski definition) is 1. The summed E-state index contributed by atoms with van der Waals surface area (Å²) in [6.45, 7) is 2.31. The molecule has 4 nitrogen and oxygen atoms in total. The smallest absolute Gasteiger partial charge is 0.234 e. The Labute approximate surface area is 106 Å². The summed E-state index contributed by atoms with van der Waals surface area (Å²) < 4.78 is 5.24. The van der Waals surface area contributed by atoms with Crippen molar-refractivity contribution < 1.29 is 9.53 Å². The summed E-state index contributed by atoms with van der Waals surface area (Å²) in [6, 6.07) is 5.06. The van der Waals surface area contributed by atoms with Gasteiger partial charge in [-0.05, 0) is 32.2 Å². The second-order valence-corrected chi connectivity index (χ2v) is 4.39. The summed E-state index contributed by atoms with van der Waals surface area (Å²) in [4.78, 5) is 12.9. The minimum atomic E-state index is -0.353. The monoisotopic (exact) mass is 256 g/mol. The Morgan fingerprint density at radius 2 is 2.24 bits per heavy atom. The lowest BCUT2D eigenvalue weighted by Crippen LogP contribution is -2.39. The van der Waals surface area contributed by atoms with Gasteiger partial charge in [-0.2, -0.15) is 0 Å². The van der Waals surface area contributed by atoms with E-state index in [-0.39, 0.29) is 11.9 Å². The number of nitrogens with two attached hydrogens (primary N) is 1. The number of benzene rings is 1. The molecule has 0 spiro atoms. The van der Waals surface area contributed by atoms with Gasteiger partial charge in [0.05, 0.1) is 13.2 Å². The van der Waals surface area contributed by atoms with Gasteiger partial charge in [0.1, 0.15) is 5.75 Å². The van der Waals surface area contributed by atoms with Crippen LogP contribution in [-0.2, 0) is 11.3 Å². The molecule has 0 saturated heterocycles. The topological polar surface area (TPSA) is 55.6 Å². The van der Waals surface area contributed by atoms with E-state index in [9.17, 15) is 4.79 Å². The van der Waals surface area contributed by atoms with Gasteiger partial charge in [-0.1, -0.05) is 11.6 Å². The number of hydrogen-bond acceptors (Lipinski definition) is 3. The Bertz CT molecular complexity index is 409. The van der Waals surface area contributed by atoms with Gasteiger partial charge in [-0.3, -0.25) is 9.69 Å². The number of halogens is 1. The molecule has 1 aromatic rings. The first-order valence-corrected chi connectivity index (χ1v) is 5.65. The second kappa shape index (κ2) is 5.89. The molecule has 0 aromatic heterocycles. The van der Waals surface area contributed by atoms with Crippen molar-refractivity contribution in [3.63, 3.8) is 0 Å². The molecule has 94 valence electrons. The largest absolute Gasteiger partial charge is 0.496 e. The van der Waals surface area contributed by atoms with E-state index in [1.54, 1.807) is 26.2 Å². The Morgan fingerprint density at radius 1 is 1.59 bits per heavy atom. The van der Waals surface area contributed by atoms with Crippen LogP contribution in [0.2, 0.25) is 5.02 Å². The highest BCUT2D eigenvalue weighted by atomic mass is 35.5. The zero-order valence-electron chi connectivity index (χ0n) is 10.2. The van der Waals surface area contributed by atoms with Gasteiger partial charge in [0.2, 0.25) is 5.91 Å². The Morgan fingerprint density at radius 3 is 2.76 bits per heavy atom. The minimum absolute atomic E-state index is 0.335. The molecule has 0 heterocycles. The van der Waals surface area contributed by atoms with Gasteiger partial charge in [0, 0.05) is 17.1 Å². The standard InChI is InChI=1S/C12H17ClN2O2/c1-8(12(14)16)15(2)7-9-6-10(13)4-5-11(9)17-3/h4-6,8H,7H2,1-3H3,(H2,14,16)/t8-/m1/s1. The molecule has 0 radical (unpaired) electrons. The molecule has 17 heavy (non-hydrogen) atoms. The molecule has 1 atom stereocenters. The molecular formula is C12H17ClN2O2. The summed E-state index contributed by atoms with van der Waals surface area (Å²) in [5.41, 5.74) is 6.18. The van der Waals surface area contributed by atoms with Crippen molar-refractivity contribution in [2.45, 2.75) is 19.5 Å². The van der Waals surface area contributed by atoms with Crippen LogP contribution in [-0.4, -0.2) is 31.0 Å². The first-order chi connectivity index (χ1) is 7.95. The number of nitrogens with zero attached hydrogens (tertiary/aromatic N) is 1. The van der Waals surface area contributed by atoms with Crippen molar-refractivity contribution in [2.75, 3.05) is 14.2 Å². The maximum Gasteiger partial charge on any atom is 0.234 e. The van der Waals surface area contributed by atoms with E-state index >= 15 is 0 Å². The fourth-order valence-corrected chi connectivity index (χ4v) is 1.69. The maximum absolute atomic E-state index is 11.1. The average Bonchev–Trinajstić information content (AvgIpc) is 2.28. The third-order valence-electron chi connectivity index (χ3n) is 2.74. The maximum atomic E-state index is 11.1. The zero-order valence-corrected chi connectivity index (χ0v) is 11.0. The van der Waals surface area contributed by atoms with Crippen molar-refractivity contribution in [3.8, 4) is 5.75 Å². The second-order valence-electron chi connectivity index (χ2n) is 3.95.